The topological polar surface area (TPSA) is 6.48 Å². The van der Waals surface area contributed by atoms with Crippen LogP contribution >= 0.6 is 45.2 Å². The SMILES string of the molecule is CCCCCCN1C=CC=CC1C(I)C(I)c1ccc(N(C)C)cc1. The molecule has 3 atom stereocenters. The van der Waals surface area contributed by atoms with E-state index in [1.807, 2.05) is 0 Å². The third-order valence-electron chi connectivity index (χ3n) is 4.68. The van der Waals surface area contributed by atoms with Crippen LogP contribution in [0.1, 0.15) is 42.1 Å². The van der Waals surface area contributed by atoms with E-state index >= 15 is 0 Å². The molecular weight excluding hydrogens is 534 g/mol. The summed E-state index contributed by atoms with van der Waals surface area (Å²) in [5, 5.41) is 0. The second-order valence-corrected chi connectivity index (χ2v) is 9.63. The molecule has 1 aliphatic heterocycles. The van der Waals surface area contributed by atoms with Gasteiger partial charge < -0.3 is 9.80 Å². The maximum absolute atomic E-state index is 2.65. The van der Waals surface area contributed by atoms with Crippen molar-refractivity contribution in [2.75, 3.05) is 25.5 Å². The second kappa shape index (κ2) is 10.8. The number of unbranched alkanes of at least 4 members (excludes halogenated alkanes) is 3. The van der Waals surface area contributed by atoms with Gasteiger partial charge in [0.2, 0.25) is 0 Å². The molecule has 0 amide bonds. The number of allylic oxidation sites excluding steroid dienone is 2. The summed E-state index contributed by atoms with van der Waals surface area (Å²) in [4.78, 5) is 4.69. The molecule has 1 aromatic carbocycles. The van der Waals surface area contributed by atoms with Crippen molar-refractivity contribution in [3.8, 4) is 0 Å². The van der Waals surface area contributed by atoms with Crippen LogP contribution in [0.4, 0.5) is 5.69 Å². The molecule has 0 fully saturated rings. The first-order chi connectivity index (χ1) is 12.0. The number of nitrogens with zero attached hydrogens (tertiary/aromatic N) is 2. The molecule has 138 valence electrons. The van der Waals surface area contributed by atoms with Crippen molar-refractivity contribution in [2.45, 2.75) is 46.5 Å². The molecule has 0 spiro atoms. The Hall–Kier alpha value is -0.240. The number of hydrogen-bond donors (Lipinski definition) is 0. The van der Waals surface area contributed by atoms with Crippen LogP contribution in [0, 0.1) is 0 Å². The zero-order valence-electron chi connectivity index (χ0n) is 15.5. The number of rotatable bonds is 9. The summed E-state index contributed by atoms with van der Waals surface area (Å²) >= 11 is 5.27. The summed E-state index contributed by atoms with van der Waals surface area (Å²) in [7, 11) is 4.18. The van der Waals surface area contributed by atoms with Gasteiger partial charge in [0, 0.05) is 30.3 Å². The second-order valence-electron chi connectivity index (χ2n) is 6.85. The molecule has 0 aromatic heterocycles. The van der Waals surface area contributed by atoms with E-state index < -0.39 is 0 Å². The van der Waals surface area contributed by atoms with E-state index in [0.29, 0.717) is 13.9 Å². The quantitative estimate of drug-likeness (QED) is 0.196. The van der Waals surface area contributed by atoms with E-state index in [9.17, 15) is 0 Å². The molecule has 0 N–H and O–H groups in total. The summed E-state index contributed by atoms with van der Waals surface area (Å²) in [6.45, 7) is 3.43. The van der Waals surface area contributed by atoms with E-state index in [1.54, 1.807) is 0 Å². The molecule has 1 aliphatic rings. The van der Waals surface area contributed by atoms with Gasteiger partial charge in [0.15, 0.2) is 0 Å². The van der Waals surface area contributed by atoms with Gasteiger partial charge >= 0.3 is 0 Å². The standard InChI is InChI=1S/C21H30I2N2/c1-4-5-6-8-15-25-16-9-7-10-19(25)21(23)20(22)17-11-13-18(14-12-17)24(2)3/h7,9-14,16,19-21H,4-6,8,15H2,1-3H3. The Morgan fingerprint density at radius 3 is 2.40 bits per heavy atom. The van der Waals surface area contributed by atoms with Crippen molar-refractivity contribution in [3.05, 3.63) is 54.3 Å². The molecule has 4 heteroatoms. The molecule has 3 unspecified atom stereocenters. The molecule has 0 radical (unpaired) electrons. The molecule has 0 aliphatic carbocycles. The molecule has 1 heterocycles. The number of alkyl halides is 2. The predicted molar refractivity (Wildman–Crippen MR) is 128 cm³/mol. The van der Waals surface area contributed by atoms with Gasteiger partial charge in [0.1, 0.15) is 0 Å². The van der Waals surface area contributed by atoms with E-state index in [1.165, 1.54) is 36.9 Å². The lowest BCUT2D eigenvalue weighted by molar-refractivity contribution is 0.305. The van der Waals surface area contributed by atoms with Gasteiger partial charge in [-0.15, -0.1) is 0 Å². The lowest BCUT2D eigenvalue weighted by atomic mass is 10.0. The number of halogens is 2. The van der Waals surface area contributed by atoms with E-state index in [2.05, 4.69) is 125 Å². The predicted octanol–water partition coefficient (Wildman–Crippen LogP) is 6.37. The highest BCUT2D eigenvalue weighted by Crippen LogP contribution is 2.37. The Labute approximate surface area is 181 Å². The highest BCUT2D eigenvalue weighted by Gasteiger charge is 2.29. The van der Waals surface area contributed by atoms with Gasteiger partial charge in [-0.1, -0.05) is 95.7 Å². The molecule has 0 saturated carbocycles. The van der Waals surface area contributed by atoms with Gasteiger partial charge in [-0.3, -0.25) is 0 Å². The van der Waals surface area contributed by atoms with Gasteiger partial charge in [-0.2, -0.15) is 0 Å². The maximum atomic E-state index is 2.65. The van der Waals surface area contributed by atoms with Crippen molar-refractivity contribution < 1.29 is 0 Å². The zero-order chi connectivity index (χ0) is 18.2. The number of benzene rings is 1. The first kappa shape index (κ1) is 21.1. The minimum Gasteiger partial charge on any atom is -0.378 e. The van der Waals surface area contributed by atoms with Crippen LogP contribution in [0.15, 0.2) is 48.7 Å². The van der Waals surface area contributed by atoms with Crippen LogP contribution in [0.3, 0.4) is 0 Å². The van der Waals surface area contributed by atoms with Gasteiger partial charge in [-0.05, 0) is 36.4 Å². The highest BCUT2D eigenvalue weighted by molar-refractivity contribution is 14.1. The summed E-state index contributed by atoms with van der Waals surface area (Å²) in [6.07, 6.45) is 14.3. The summed E-state index contributed by atoms with van der Waals surface area (Å²) in [6, 6.07) is 9.49. The summed E-state index contributed by atoms with van der Waals surface area (Å²) in [5.74, 6) is 0. The maximum Gasteiger partial charge on any atom is 0.0601 e. The largest absolute Gasteiger partial charge is 0.378 e. The van der Waals surface area contributed by atoms with Crippen molar-refractivity contribution in [3.63, 3.8) is 0 Å². The van der Waals surface area contributed by atoms with Crippen molar-refractivity contribution in [2.24, 2.45) is 0 Å². The number of anilines is 1. The summed E-state index contributed by atoms with van der Waals surface area (Å²) in [5.41, 5.74) is 2.68. The number of hydrogen-bond acceptors (Lipinski definition) is 2. The Balaban J connectivity index is 2.01. The fourth-order valence-electron chi connectivity index (χ4n) is 3.10. The van der Waals surface area contributed by atoms with Gasteiger partial charge in [-0.25, -0.2) is 0 Å². The fraction of sp³-hybridized carbons (Fsp3) is 0.524. The van der Waals surface area contributed by atoms with Gasteiger partial charge in [0.25, 0.3) is 0 Å². The molecule has 2 nitrogen and oxygen atoms in total. The van der Waals surface area contributed by atoms with Crippen LogP contribution in [-0.2, 0) is 0 Å². The zero-order valence-corrected chi connectivity index (χ0v) is 19.9. The Morgan fingerprint density at radius 1 is 1.04 bits per heavy atom. The first-order valence-electron chi connectivity index (χ1n) is 9.20. The van der Waals surface area contributed by atoms with Crippen molar-refractivity contribution in [1.82, 2.24) is 4.90 Å². The highest BCUT2D eigenvalue weighted by atomic mass is 127. The van der Waals surface area contributed by atoms with E-state index in [4.69, 9.17) is 0 Å². The lowest BCUT2D eigenvalue weighted by Gasteiger charge is -2.36. The molecule has 0 bridgehead atoms. The van der Waals surface area contributed by atoms with Crippen LogP contribution in [0.2, 0.25) is 0 Å². The van der Waals surface area contributed by atoms with Crippen LogP contribution in [-0.4, -0.2) is 35.5 Å². The average Bonchev–Trinajstić information content (AvgIpc) is 2.64. The fourth-order valence-corrected chi connectivity index (χ4v) is 5.00. The lowest BCUT2D eigenvalue weighted by Crippen LogP contribution is -2.39. The monoisotopic (exact) mass is 564 g/mol. The minimum atomic E-state index is 0.475. The Morgan fingerprint density at radius 2 is 1.76 bits per heavy atom. The molecule has 0 saturated heterocycles. The van der Waals surface area contributed by atoms with Crippen LogP contribution < -0.4 is 4.90 Å². The Bertz CT molecular complexity index is 566. The molecule has 25 heavy (non-hydrogen) atoms. The van der Waals surface area contributed by atoms with Crippen LogP contribution in [0.25, 0.3) is 0 Å². The first-order valence-corrected chi connectivity index (χ1v) is 11.7. The molecule has 2 rings (SSSR count). The smallest absolute Gasteiger partial charge is 0.0601 e. The van der Waals surface area contributed by atoms with E-state index in [-0.39, 0.29) is 0 Å². The molecule has 1 aromatic rings. The third kappa shape index (κ3) is 6.15. The summed E-state index contributed by atoms with van der Waals surface area (Å²) < 4.78 is 1.03. The van der Waals surface area contributed by atoms with Gasteiger partial charge in [0.05, 0.1) is 9.97 Å². The molecular formula is C21H30I2N2. The van der Waals surface area contributed by atoms with Crippen molar-refractivity contribution >= 4 is 50.9 Å². The van der Waals surface area contributed by atoms with Crippen molar-refractivity contribution in [1.29, 1.82) is 0 Å². The Kier molecular flexibility index (Phi) is 9.10. The van der Waals surface area contributed by atoms with Crippen LogP contribution in [0.5, 0.6) is 0 Å². The normalized spacial score (nSPS) is 19.1. The third-order valence-corrected chi connectivity index (χ3v) is 9.01. The average molecular weight is 564 g/mol. The van der Waals surface area contributed by atoms with E-state index in [0.717, 1.165) is 6.54 Å². The minimum absolute atomic E-state index is 0.475.